The molecule has 2 rings (SSSR count). The summed E-state index contributed by atoms with van der Waals surface area (Å²) in [4.78, 5) is 0. The number of aliphatic hydroxyl groups excluding tert-OH is 1. The average molecular weight is 277 g/mol. The van der Waals surface area contributed by atoms with Crippen LogP contribution in [0.1, 0.15) is 17.2 Å². The van der Waals surface area contributed by atoms with Crippen LogP contribution in [0.5, 0.6) is 0 Å². The quantitative estimate of drug-likeness (QED) is 0.779. The van der Waals surface area contributed by atoms with Gasteiger partial charge in [-0.3, -0.25) is 0 Å². The smallest absolute Gasteiger partial charge is 0.140 e. The molecular weight excluding hydrogens is 267 g/mol. The van der Waals surface area contributed by atoms with Crippen LogP contribution in [0, 0.1) is 11.8 Å². The highest BCUT2D eigenvalue weighted by Gasteiger charge is 2.05. The number of hydrogen-bond acceptors (Lipinski definition) is 1. The number of rotatable bonds is 1. The third kappa shape index (κ3) is 3.51. The van der Waals surface area contributed by atoms with E-state index >= 15 is 0 Å². The maximum absolute atomic E-state index is 9.94. The van der Waals surface area contributed by atoms with Crippen LogP contribution >= 0.6 is 23.2 Å². The standard InChI is InChI=1S/C15H10Cl2O/c16-13-8-12(9-14(17)10-13)15(18)7-6-11-4-2-1-3-5-11/h1-5,8-10,15,18H/t15-/m1/s1. The molecule has 0 aliphatic carbocycles. The van der Waals surface area contributed by atoms with E-state index in [9.17, 15) is 5.11 Å². The van der Waals surface area contributed by atoms with Crippen LogP contribution in [0.25, 0.3) is 0 Å². The van der Waals surface area contributed by atoms with Crippen molar-refractivity contribution in [1.82, 2.24) is 0 Å². The zero-order valence-corrected chi connectivity index (χ0v) is 10.9. The van der Waals surface area contributed by atoms with Gasteiger partial charge in [0.25, 0.3) is 0 Å². The molecule has 1 nitrogen and oxygen atoms in total. The van der Waals surface area contributed by atoms with Crippen molar-refractivity contribution in [3.8, 4) is 11.8 Å². The molecule has 90 valence electrons. The monoisotopic (exact) mass is 276 g/mol. The zero-order chi connectivity index (χ0) is 13.0. The van der Waals surface area contributed by atoms with Crippen LogP contribution in [0.4, 0.5) is 0 Å². The van der Waals surface area contributed by atoms with E-state index in [1.165, 1.54) is 0 Å². The Labute approximate surface area is 116 Å². The second-order valence-electron chi connectivity index (χ2n) is 3.74. The molecular formula is C15H10Cl2O. The SMILES string of the molecule is O[C@H](C#Cc1ccccc1)c1cc(Cl)cc(Cl)c1. The topological polar surface area (TPSA) is 20.2 Å². The van der Waals surface area contributed by atoms with Crippen molar-refractivity contribution in [2.45, 2.75) is 6.10 Å². The van der Waals surface area contributed by atoms with Crippen molar-refractivity contribution in [1.29, 1.82) is 0 Å². The van der Waals surface area contributed by atoms with Gasteiger partial charge in [-0.1, -0.05) is 53.2 Å². The Bertz CT molecular complexity index is 577. The highest BCUT2D eigenvalue weighted by atomic mass is 35.5. The van der Waals surface area contributed by atoms with Gasteiger partial charge in [0.2, 0.25) is 0 Å². The Balaban J connectivity index is 2.22. The van der Waals surface area contributed by atoms with Gasteiger partial charge in [-0.05, 0) is 35.9 Å². The molecule has 0 aliphatic rings. The largest absolute Gasteiger partial charge is 0.376 e. The molecule has 2 aromatic carbocycles. The first kappa shape index (κ1) is 13.0. The summed E-state index contributed by atoms with van der Waals surface area (Å²) in [6, 6.07) is 14.4. The minimum atomic E-state index is -0.901. The van der Waals surface area contributed by atoms with Gasteiger partial charge in [0, 0.05) is 15.6 Å². The molecule has 0 unspecified atom stereocenters. The minimum Gasteiger partial charge on any atom is -0.376 e. The molecule has 0 spiro atoms. The molecule has 1 atom stereocenters. The van der Waals surface area contributed by atoms with Crippen molar-refractivity contribution >= 4 is 23.2 Å². The van der Waals surface area contributed by atoms with Gasteiger partial charge in [-0.15, -0.1) is 0 Å². The molecule has 1 N–H and O–H groups in total. The summed E-state index contributed by atoms with van der Waals surface area (Å²) in [6.45, 7) is 0. The molecule has 18 heavy (non-hydrogen) atoms. The van der Waals surface area contributed by atoms with Gasteiger partial charge in [-0.2, -0.15) is 0 Å². The van der Waals surface area contributed by atoms with Crippen LogP contribution in [0.15, 0.2) is 48.5 Å². The fraction of sp³-hybridized carbons (Fsp3) is 0.0667. The van der Waals surface area contributed by atoms with Crippen LogP contribution < -0.4 is 0 Å². The summed E-state index contributed by atoms with van der Waals surface area (Å²) in [5.41, 5.74) is 1.45. The van der Waals surface area contributed by atoms with Gasteiger partial charge in [-0.25, -0.2) is 0 Å². The number of hydrogen-bond donors (Lipinski definition) is 1. The Hall–Kier alpha value is -1.46. The molecule has 0 aliphatic heterocycles. The first-order valence-corrected chi connectivity index (χ1v) is 6.11. The second kappa shape index (κ2) is 5.93. The lowest BCUT2D eigenvalue weighted by molar-refractivity contribution is 0.238. The normalized spacial score (nSPS) is 11.5. The summed E-state index contributed by atoms with van der Waals surface area (Å²) >= 11 is 11.7. The maximum atomic E-state index is 9.94. The van der Waals surface area contributed by atoms with Crippen LogP contribution in [-0.4, -0.2) is 5.11 Å². The van der Waals surface area contributed by atoms with Crippen molar-refractivity contribution in [3.63, 3.8) is 0 Å². The lowest BCUT2D eigenvalue weighted by Gasteiger charge is -2.04. The van der Waals surface area contributed by atoms with Crippen molar-refractivity contribution < 1.29 is 5.11 Å². The average Bonchev–Trinajstić information content (AvgIpc) is 2.36. The van der Waals surface area contributed by atoms with Gasteiger partial charge < -0.3 is 5.11 Å². The number of aliphatic hydroxyl groups is 1. The molecule has 2 aromatic rings. The highest BCUT2D eigenvalue weighted by molar-refractivity contribution is 6.34. The fourth-order valence-corrected chi connectivity index (χ4v) is 2.03. The van der Waals surface area contributed by atoms with Crippen LogP contribution in [-0.2, 0) is 0 Å². The van der Waals surface area contributed by atoms with Gasteiger partial charge in [0.1, 0.15) is 6.10 Å². The van der Waals surface area contributed by atoms with Gasteiger partial charge in [0.05, 0.1) is 0 Å². The summed E-state index contributed by atoms with van der Waals surface area (Å²) in [5, 5.41) is 10.9. The summed E-state index contributed by atoms with van der Waals surface area (Å²) < 4.78 is 0. The Morgan fingerprint density at radius 2 is 1.56 bits per heavy atom. The lowest BCUT2D eigenvalue weighted by atomic mass is 10.1. The molecule has 0 heterocycles. The molecule has 0 fully saturated rings. The molecule has 0 aromatic heterocycles. The van der Waals surface area contributed by atoms with E-state index in [0.29, 0.717) is 15.6 Å². The van der Waals surface area contributed by atoms with E-state index in [4.69, 9.17) is 23.2 Å². The Morgan fingerprint density at radius 1 is 0.944 bits per heavy atom. The molecule has 0 bridgehead atoms. The first-order chi connectivity index (χ1) is 8.65. The molecule has 3 heteroatoms. The van der Waals surface area contributed by atoms with Crippen molar-refractivity contribution in [3.05, 3.63) is 69.7 Å². The van der Waals surface area contributed by atoms with Gasteiger partial charge >= 0.3 is 0 Å². The van der Waals surface area contributed by atoms with E-state index in [1.807, 2.05) is 30.3 Å². The zero-order valence-electron chi connectivity index (χ0n) is 9.40. The Kier molecular flexibility index (Phi) is 4.28. The predicted octanol–water partition coefficient (Wildman–Crippen LogP) is 4.08. The summed E-state index contributed by atoms with van der Waals surface area (Å²) in [7, 11) is 0. The lowest BCUT2D eigenvalue weighted by Crippen LogP contribution is -1.93. The second-order valence-corrected chi connectivity index (χ2v) is 4.61. The fourth-order valence-electron chi connectivity index (χ4n) is 1.49. The van der Waals surface area contributed by atoms with E-state index < -0.39 is 6.10 Å². The third-order valence-corrected chi connectivity index (χ3v) is 2.76. The molecule has 0 radical (unpaired) electrons. The summed E-state index contributed by atoms with van der Waals surface area (Å²) in [6.07, 6.45) is -0.901. The van der Waals surface area contributed by atoms with Crippen LogP contribution in [0.3, 0.4) is 0 Å². The maximum Gasteiger partial charge on any atom is 0.140 e. The molecule has 0 amide bonds. The van der Waals surface area contributed by atoms with Crippen molar-refractivity contribution in [2.75, 3.05) is 0 Å². The van der Waals surface area contributed by atoms with Crippen molar-refractivity contribution in [2.24, 2.45) is 0 Å². The van der Waals surface area contributed by atoms with E-state index in [2.05, 4.69) is 11.8 Å². The summed E-state index contributed by atoms with van der Waals surface area (Å²) in [5.74, 6) is 5.65. The number of halogens is 2. The van der Waals surface area contributed by atoms with E-state index in [0.717, 1.165) is 5.56 Å². The molecule has 0 saturated carbocycles. The van der Waals surface area contributed by atoms with E-state index in [1.54, 1.807) is 18.2 Å². The van der Waals surface area contributed by atoms with E-state index in [-0.39, 0.29) is 0 Å². The highest BCUT2D eigenvalue weighted by Crippen LogP contribution is 2.23. The van der Waals surface area contributed by atoms with Gasteiger partial charge in [0.15, 0.2) is 0 Å². The molecule has 0 saturated heterocycles. The third-order valence-electron chi connectivity index (χ3n) is 2.33. The number of benzene rings is 2. The van der Waals surface area contributed by atoms with Crippen LogP contribution in [0.2, 0.25) is 10.0 Å². The minimum absolute atomic E-state index is 0.484. The predicted molar refractivity (Wildman–Crippen MR) is 74.7 cm³/mol. The Morgan fingerprint density at radius 3 is 2.17 bits per heavy atom. The first-order valence-electron chi connectivity index (χ1n) is 5.36.